The van der Waals surface area contributed by atoms with E-state index in [1.54, 1.807) is 32.9 Å². The molecule has 5 nitrogen and oxygen atoms in total. The molecule has 0 amide bonds. The molecule has 0 atom stereocenters. The van der Waals surface area contributed by atoms with E-state index >= 15 is 0 Å². The van der Waals surface area contributed by atoms with Crippen molar-refractivity contribution in [3.8, 4) is 5.75 Å². The lowest BCUT2D eigenvalue weighted by Crippen LogP contribution is -2.40. The number of ether oxygens (including phenoxy) is 1. The number of nitrogen functional groups attached to an aromatic ring is 1. The fourth-order valence-corrected chi connectivity index (χ4v) is 3.58. The number of nitrogens with two attached hydrogens (primary N) is 1. The Morgan fingerprint density at radius 3 is 2.00 bits per heavy atom. The third-order valence-electron chi connectivity index (χ3n) is 2.88. The van der Waals surface area contributed by atoms with Gasteiger partial charge in [-0.3, -0.25) is 0 Å². The standard InChI is InChI=1S/C15H26N2O3S/c1-14(2,3)10-8-11(16)13(20-7)12(9-10)21(18,19)17-15(4,5)6/h8-9,17H,16H2,1-7H3. The van der Waals surface area contributed by atoms with E-state index in [-0.39, 0.29) is 16.1 Å². The van der Waals surface area contributed by atoms with Crippen LogP contribution < -0.4 is 15.2 Å². The highest BCUT2D eigenvalue weighted by atomic mass is 32.2. The van der Waals surface area contributed by atoms with Crippen LogP contribution in [0.3, 0.4) is 0 Å². The first-order valence-corrected chi connectivity index (χ1v) is 8.28. The lowest BCUT2D eigenvalue weighted by Gasteiger charge is -2.25. The Bertz CT molecular complexity index is 624. The fourth-order valence-electron chi connectivity index (χ4n) is 1.93. The summed E-state index contributed by atoms with van der Waals surface area (Å²) in [5.41, 5.74) is 6.33. The highest BCUT2D eigenvalue weighted by Gasteiger charge is 2.28. The average molecular weight is 314 g/mol. The van der Waals surface area contributed by atoms with Crippen LogP contribution in [0.4, 0.5) is 5.69 Å². The van der Waals surface area contributed by atoms with Crippen LogP contribution in [-0.2, 0) is 15.4 Å². The van der Waals surface area contributed by atoms with Gasteiger partial charge in [0.25, 0.3) is 0 Å². The van der Waals surface area contributed by atoms with E-state index < -0.39 is 15.6 Å². The number of benzene rings is 1. The summed E-state index contributed by atoms with van der Waals surface area (Å²) in [6, 6.07) is 3.39. The molecule has 0 radical (unpaired) electrons. The smallest absolute Gasteiger partial charge is 0.244 e. The first-order chi connectivity index (χ1) is 9.28. The fraction of sp³-hybridized carbons (Fsp3) is 0.600. The Morgan fingerprint density at radius 2 is 1.62 bits per heavy atom. The molecule has 0 spiro atoms. The van der Waals surface area contributed by atoms with Gasteiger partial charge in [0, 0.05) is 5.54 Å². The zero-order valence-electron chi connectivity index (χ0n) is 13.9. The highest BCUT2D eigenvalue weighted by Crippen LogP contribution is 2.36. The Kier molecular flexibility index (Phi) is 4.65. The Hall–Kier alpha value is -1.27. The van der Waals surface area contributed by atoms with Gasteiger partial charge in [-0.2, -0.15) is 0 Å². The molecule has 0 fully saturated rings. The van der Waals surface area contributed by atoms with Crippen LogP contribution in [0.5, 0.6) is 5.75 Å². The Morgan fingerprint density at radius 1 is 1.10 bits per heavy atom. The number of hydrogen-bond acceptors (Lipinski definition) is 4. The summed E-state index contributed by atoms with van der Waals surface area (Å²) in [5.74, 6) is 0.180. The summed E-state index contributed by atoms with van der Waals surface area (Å²) in [6.45, 7) is 11.4. The van der Waals surface area contributed by atoms with Gasteiger partial charge in [-0.25, -0.2) is 13.1 Å². The van der Waals surface area contributed by atoms with E-state index in [0.717, 1.165) is 5.56 Å². The molecule has 0 unspecified atom stereocenters. The third-order valence-corrected chi connectivity index (χ3v) is 4.65. The molecule has 21 heavy (non-hydrogen) atoms. The van der Waals surface area contributed by atoms with Crippen molar-refractivity contribution in [2.45, 2.75) is 57.4 Å². The van der Waals surface area contributed by atoms with Crippen molar-refractivity contribution >= 4 is 15.7 Å². The van der Waals surface area contributed by atoms with E-state index in [0.29, 0.717) is 5.69 Å². The first-order valence-electron chi connectivity index (χ1n) is 6.80. The maximum atomic E-state index is 12.6. The summed E-state index contributed by atoms with van der Waals surface area (Å²) in [4.78, 5) is 0.0739. The molecule has 6 heteroatoms. The maximum Gasteiger partial charge on any atom is 0.244 e. The zero-order valence-corrected chi connectivity index (χ0v) is 14.7. The molecule has 0 aliphatic carbocycles. The summed E-state index contributed by atoms with van der Waals surface area (Å²) in [5, 5.41) is 0. The minimum atomic E-state index is -3.72. The number of anilines is 1. The third kappa shape index (κ3) is 4.35. The van der Waals surface area contributed by atoms with Gasteiger partial charge in [0.15, 0.2) is 5.75 Å². The van der Waals surface area contributed by atoms with Gasteiger partial charge in [0.05, 0.1) is 12.8 Å². The van der Waals surface area contributed by atoms with Crippen molar-refractivity contribution in [1.29, 1.82) is 0 Å². The Balaban J connectivity index is 3.57. The molecule has 0 aliphatic heterocycles. The molecular formula is C15H26N2O3S. The van der Waals surface area contributed by atoms with Crippen LogP contribution in [0, 0.1) is 0 Å². The van der Waals surface area contributed by atoms with Crippen LogP contribution in [-0.4, -0.2) is 21.1 Å². The second kappa shape index (κ2) is 5.50. The zero-order chi connectivity index (χ0) is 16.6. The Labute approximate surface area is 127 Å². The van der Waals surface area contributed by atoms with Crippen LogP contribution >= 0.6 is 0 Å². The van der Waals surface area contributed by atoms with E-state index in [2.05, 4.69) is 4.72 Å². The average Bonchev–Trinajstić information content (AvgIpc) is 2.23. The molecule has 0 heterocycles. The second-order valence-corrected chi connectivity index (χ2v) is 8.85. The van der Waals surface area contributed by atoms with E-state index in [4.69, 9.17) is 10.5 Å². The molecule has 120 valence electrons. The molecule has 0 saturated heterocycles. The predicted molar refractivity (Wildman–Crippen MR) is 86.2 cm³/mol. The number of hydrogen-bond donors (Lipinski definition) is 2. The minimum Gasteiger partial charge on any atom is -0.493 e. The van der Waals surface area contributed by atoms with Crippen molar-refractivity contribution in [3.05, 3.63) is 17.7 Å². The number of methoxy groups -OCH3 is 1. The van der Waals surface area contributed by atoms with Crippen LogP contribution in [0.25, 0.3) is 0 Å². The van der Waals surface area contributed by atoms with Crippen LogP contribution in [0.2, 0.25) is 0 Å². The largest absolute Gasteiger partial charge is 0.493 e. The van der Waals surface area contributed by atoms with Crippen LogP contribution in [0.1, 0.15) is 47.1 Å². The molecule has 0 saturated carbocycles. The van der Waals surface area contributed by atoms with Gasteiger partial charge in [-0.15, -0.1) is 0 Å². The summed E-state index contributed by atoms with van der Waals surface area (Å²) < 4.78 is 33.1. The van der Waals surface area contributed by atoms with Crippen molar-refractivity contribution in [2.75, 3.05) is 12.8 Å². The van der Waals surface area contributed by atoms with Gasteiger partial charge in [0.1, 0.15) is 4.90 Å². The minimum absolute atomic E-state index is 0.0739. The lowest BCUT2D eigenvalue weighted by atomic mass is 9.87. The molecule has 1 aromatic rings. The van der Waals surface area contributed by atoms with Crippen LogP contribution in [0.15, 0.2) is 17.0 Å². The first kappa shape index (κ1) is 17.8. The monoisotopic (exact) mass is 314 g/mol. The molecule has 1 rings (SSSR count). The molecular weight excluding hydrogens is 288 g/mol. The predicted octanol–water partition coefficient (Wildman–Crippen LogP) is 2.65. The highest BCUT2D eigenvalue weighted by molar-refractivity contribution is 7.89. The normalized spacial score (nSPS) is 13.3. The van der Waals surface area contributed by atoms with Gasteiger partial charge < -0.3 is 10.5 Å². The molecule has 0 aliphatic rings. The quantitative estimate of drug-likeness (QED) is 0.840. The topological polar surface area (TPSA) is 81.4 Å². The van der Waals surface area contributed by atoms with Crippen molar-refractivity contribution < 1.29 is 13.2 Å². The SMILES string of the molecule is COc1c(N)cc(C(C)(C)C)cc1S(=O)(=O)NC(C)(C)C. The van der Waals surface area contributed by atoms with Crippen molar-refractivity contribution in [1.82, 2.24) is 4.72 Å². The summed E-state index contributed by atoms with van der Waals surface area (Å²) in [6.07, 6.45) is 0. The van der Waals surface area contributed by atoms with Crippen molar-refractivity contribution in [3.63, 3.8) is 0 Å². The van der Waals surface area contributed by atoms with Gasteiger partial charge >= 0.3 is 0 Å². The van der Waals surface area contributed by atoms with Gasteiger partial charge in [-0.05, 0) is 43.9 Å². The van der Waals surface area contributed by atoms with E-state index in [9.17, 15) is 8.42 Å². The molecule has 0 aromatic heterocycles. The van der Waals surface area contributed by atoms with Crippen molar-refractivity contribution in [2.24, 2.45) is 0 Å². The number of nitrogens with one attached hydrogen (secondary N) is 1. The summed E-state index contributed by atoms with van der Waals surface area (Å²) >= 11 is 0. The second-order valence-electron chi connectivity index (χ2n) is 7.20. The van der Waals surface area contributed by atoms with Gasteiger partial charge in [0.2, 0.25) is 10.0 Å². The number of rotatable bonds is 3. The summed E-state index contributed by atoms with van der Waals surface area (Å²) in [7, 11) is -2.31. The molecule has 0 bridgehead atoms. The maximum absolute atomic E-state index is 12.6. The van der Waals surface area contributed by atoms with Gasteiger partial charge in [-0.1, -0.05) is 20.8 Å². The van der Waals surface area contributed by atoms with E-state index in [1.807, 2.05) is 20.8 Å². The molecule has 3 N–H and O–H groups in total. The lowest BCUT2D eigenvalue weighted by molar-refractivity contribution is 0.402. The van der Waals surface area contributed by atoms with E-state index in [1.165, 1.54) is 7.11 Å². The number of sulfonamides is 1. The molecule has 1 aromatic carbocycles.